The molecule has 0 aliphatic carbocycles. The van der Waals surface area contributed by atoms with E-state index in [-0.39, 0.29) is 24.9 Å². The van der Waals surface area contributed by atoms with Gasteiger partial charge in [-0.3, -0.25) is 9.59 Å². The van der Waals surface area contributed by atoms with Crippen LogP contribution in [0.2, 0.25) is 0 Å². The maximum atomic E-state index is 12.8. The van der Waals surface area contributed by atoms with Gasteiger partial charge in [0.05, 0.1) is 17.6 Å². The van der Waals surface area contributed by atoms with Crippen LogP contribution in [0.1, 0.15) is 27.3 Å². The van der Waals surface area contributed by atoms with Gasteiger partial charge in [0.15, 0.2) is 0 Å². The Morgan fingerprint density at radius 3 is 2.42 bits per heavy atom. The van der Waals surface area contributed by atoms with Gasteiger partial charge in [0, 0.05) is 11.3 Å². The number of para-hydroxylation sites is 2. The van der Waals surface area contributed by atoms with Crippen LogP contribution >= 0.6 is 0 Å². The third kappa shape index (κ3) is 4.64. The van der Waals surface area contributed by atoms with Crippen LogP contribution < -0.4 is 10.6 Å². The van der Waals surface area contributed by atoms with Gasteiger partial charge in [-0.15, -0.1) is 0 Å². The van der Waals surface area contributed by atoms with Crippen molar-refractivity contribution in [3.63, 3.8) is 0 Å². The number of rotatable bonds is 6. The summed E-state index contributed by atoms with van der Waals surface area (Å²) in [5.74, 6) is 0.293. The zero-order valence-electron chi connectivity index (χ0n) is 17.6. The molecule has 0 radical (unpaired) electrons. The van der Waals surface area contributed by atoms with Gasteiger partial charge in [0.2, 0.25) is 5.91 Å². The van der Waals surface area contributed by atoms with Crippen LogP contribution in [0.3, 0.4) is 0 Å². The van der Waals surface area contributed by atoms with Crippen LogP contribution in [0, 0.1) is 13.8 Å². The van der Waals surface area contributed by atoms with E-state index in [1.807, 2.05) is 79.1 Å². The molecule has 0 saturated carbocycles. The minimum atomic E-state index is -0.182. The molecule has 6 nitrogen and oxygen atoms in total. The van der Waals surface area contributed by atoms with E-state index in [1.54, 1.807) is 12.1 Å². The number of fused-ring (bicyclic) bond motifs is 1. The summed E-state index contributed by atoms with van der Waals surface area (Å²) in [6.07, 6.45) is 0. The lowest BCUT2D eigenvalue weighted by atomic mass is 10.1. The number of amides is 2. The predicted octanol–water partition coefficient (Wildman–Crippen LogP) is 4.22. The molecule has 0 aliphatic heterocycles. The van der Waals surface area contributed by atoms with Crippen LogP contribution in [0.15, 0.2) is 72.8 Å². The molecule has 3 aromatic carbocycles. The van der Waals surface area contributed by atoms with Gasteiger partial charge in [-0.1, -0.05) is 36.4 Å². The van der Waals surface area contributed by atoms with Crippen molar-refractivity contribution in [1.29, 1.82) is 0 Å². The number of hydrogen-bond donors (Lipinski definition) is 2. The standard InChI is InChI=1S/C25H24N4O2/c1-17-12-13-20(14-18(17)2)27-24(30)16-29-22-11-7-6-10-21(22)28-23(29)15-26-25(31)19-8-4-3-5-9-19/h3-14H,15-16H2,1-2H3,(H,26,31)(H,27,30). The molecule has 0 saturated heterocycles. The first-order valence-corrected chi connectivity index (χ1v) is 10.2. The molecule has 1 heterocycles. The molecular formula is C25H24N4O2. The Kier molecular flexibility index (Phi) is 5.80. The molecule has 0 bridgehead atoms. The summed E-state index contributed by atoms with van der Waals surface area (Å²) < 4.78 is 1.84. The van der Waals surface area contributed by atoms with Crippen molar-refractivity contribution < 1.29 is 9.59 Å². The average molecular weight is 412 g/mol. The van der Waals surface area contributed by atoms with Gasteiger partial charge in [0.1, 0.15) is 12.4 Å². The lowest BCUT2D eigenvalue weighted by molar-refractivity contribution is -0.116. The molecule has 0 aliphatic rings. The van der Waals surface area contributed by atoms with Crippen LogP contribution in [0.25, 0.3) is 11.0 Å². The Bertz CT molecular complexity index is 1250. The maximum Gasteiger partial charge on any atom is 0.251 e. The Balaban J connectivity index is 1.54. The molecule has 2 N–H and O–H groups in total. The van der Waals surface area contributed by atoms with E-state index in [1.165, 1.54) is 5.56 Å². The molecule has 0 atom stereocenters. The number of carbonyl (C=O) groups excluding carboxylic acids is 2. The van der Waals surface area contributed by atoms with Gasteiger partial charge < -0.3 is 15.2 Å². The summed E-state index contributed by atoms with van der Waals surface area (Å²) >= 11 is 0. The highest BCUT2D eigenvalue weighted by Gasteiger charge is 2.15. The van der Waals surface area contributed by atoms with E-state index >= 15 is 0 Å². The Morgan fingerprint density at radius 1 is 0.903 bits per heavy atom. The molecule has 1 aromatic heterocycles. The second-order valence-corrected chi connectivity index (χ2v) is 7.50. The van der Waals surface area contributed by atoms with Crippen LogP contribution in [-0.4, -0.2) is 21.4 Å². The molecule has 31 heavy (non-hydrogen) atoms. The topological polar surface area (TPSA) is 76.0 Å². The smallest absolute Gasteiger partial charge is 0.251 e. The monoisotopic (exact) mass is 412 g/mol. The zero-order chi connectivity index (χ0) is 21.8. The number of anilines is 1. The maximum absolute atomic E-state index is 12.8. The summed E-state index contributed by atoms with van der Waals surface area (Å²) in [7, 11) is 0. The molecule has 2 amide bonds. The largest absolute Gasteiger partial charge is 0.345 e. The van der Waals surface area contributed by atoms with Gasteiger partial charge in [-0.25, -0.2) is 4.98 Å². The fraction of sp³-hybridized carbons (Fsp3) is 0.160. The number of aryl methyl sites for hydroxylation is 2. The third-order valence-corrected chi connectivity index (χ3v) is 5.27. The second-order valence-electron chi connectivity index (χ2n) is 7.50. The van der Waals surface area contributed by atoms with Gasteiger partial charge in [-0.2, -0.15) is 0 Å². The summed E-state index contributed by atoms with van der Waals surface area (Å²) in [4.78, 5) is 29.9. The quantitative estimate of drug-likeness (QED) is 0.498. The minimum Gasteiger partial charge on any atom is -0.345 e. The summed E-state index contributed by atoms with van der Waals surface area (Å²) in [6, 6.07) is 22.5. The van der Waals surface area contributed by atoms with Crippen molar-refractivity contribution in [2.45, 2.75) is 26.9 Å². The van der Waals surface area contributed by atoms with Crippen molar-refractivity contribution in [3.8, 4) is 0 Å². The van der Waals surface area contributed by atoms with Crippen molar-refractivity contribution in [3.05, 3.63) is 95.3 Å². The predicted molar refractivity (Wildman–Crippen MR) is 122 cm³/mol. The summed E-state index contributed by atoms with van der Waals surface area (Å²) in [5, 5.41) is 5.86. The van der Waals surface area contributed by atoms with Gasteiger partial charge in [0.25, 0.3) is 5.91 Å². The first kappa shape index (κ1) is 20.3. The Hall–Kier alpha value is -3.93. The van der Waals surface area contributed by atoms with E-state index in [0.29, 0.717) is 11.4 Å². The zero-order valence-corrected chi connectivity index (χ0v) is 17.6. The third-order valence-electron chi connectivity index (χ3n) is 5.27. The fourth-order valence-corrected chi connectivity index (χ4v) is 3.45. The fourth-order valence-electron chi connectivity index (χ4n) is 3.45. The highest BCUT2D eigenvalue weighted by Crippen LogP contribution is 2.18. The van der Waals surface area contributed by atoms with E-state index in [9.17, 15) is 9.59 Å². The van der Waals surface area contributed by atoms with Crippen molar-refractivity contribution in [2.24, 2.45) is 0 Å². The number of hydrogen-bond acceptors (Lipinski definition) is 3. The molecule has 0 unspecified atom stereocenters. The normalized spacial score (nSPS) is 10.8. The Labute approximate surface area is 180 Å². The minimum absolute atomic E-state index is 0.101. The molecule has 156 valence electrons. The SMILES string of the molecule is Cc1ccc(NC(=O)Cn2c(CNC(=O)c3ccccc3)nc3ccccc32)cc1C. The van der Waals surface area contributed by atoms with Crippen molar-refractivity contribution >= 4 is 28.5 Å². The first-order chi connectivity index (χ1) is 15.0. The molecule has 4 aromatic rings. The lowest BCUT2D eigenvalue weighted by Gasteiger charge is -2.12. The highest BCUT2D eigenvalue weighted by molar-refractivity contribution is 5.94. The molecular weight excluding hydrogens is 388 g/mol. The van der Waals surface area contributed by atoms with E-state index in [0.717, 1.165) is 22.3 Å². The van der Waals surface area contributed by atoms with Gasteiger partial charge in [-0.05, 0) is 61.4 Å². The van der Waals surface area contributed by atoms with Crippen molar-refractivity contribution in [2.75, 3.05) is 5.32 Å². The van der Waals surface area contributed by atoms with Crippen LogP contribution in [0.5, 0.6) is 0 Å². The molecule has 0 spiro atoms. The van der Waals surface area contributed by atoms with E-state index < -0.39 is 0 Å². The molecule has 4 rings (SSSR count). The summed E-state index contributed by atoms with van der Waals surface area (Å²) in [5.41, 5.74) is 5.27. The molecule has 6 heteroatoms. The average Bonchev–Trinajstić information content (AvgIpc) is 3.12. The van der Waals surface area contributed by atoms with E-state index in [2.05, 4.69) is 15.6 Å². The van der Waals surface area contributed by atoms with Gasteiger partial charge >= 0.3 is 0 Å². The lowest BCUT2D eigenvalue weighted by Crippen LogP contribution is -2.26. The second kappa shape index (κ2) is 8.83. The summed E-state index contributed by atoms with van der Waals surface area (Å²) in [6.45, 7) is 4.37. The molecule has 0 fully saturated rings. The number of nitrogens with one attached hydrogen (secondary N) is 2. The number of aromatic nitrogens is 2. The van der Waals surface area contributed by atoms with E-state index in [4.69, 9.17) is 0 Å². The van der Waals surface area contributed by atoms with Crippen molar-refractivity contribution in [1.82, 2.24) is 14.9 Å². The number of nitrogens with zero attached hydrogens (tertiary/aromatic N) is 2. The van der Waals surface area contributed by atoms with Crippen LogP contribution in [0.4, 0.5) is 5.69 Å². The number of carbonyl (C=O) groups is 2. The number of benzene rings is 3. The Morgan fingerprint density at radius 2 is 1.65 bits per heavy atom. The van der Waals surface area contributed by atoms with Crippen LogP contribution in [-0.2, 0) is 17.9 Å². The first-order valence-electron chi connectivity index (χ1n) is 10.2. The highest BCUT2D eigenvalue weighted by atomic mass is 16.2. The number of imidazole rings is 1.